The van der Waals surface area contributed by atoms with Crippen molar-refractivity contribution >= 4 is 17.5 Å². The van der Waals surface area contributed by atoms with Crippen LogP contribution in [0.25, 0.3) is 5.69 Å². The van der Waals surface area contributed by atoms with E-state index in [0.717, 1.165) is 12.2 Å². The van der Waals surface area contributed by atoms with Crippen LogP contribution in [0.15, 0.2) is 30.9 Å². The van der Waals surface area contributed by atoms with Gasteiger partial charge in [-0.05, 0) is 37.0 Å². The maximum atomic E-state index is 12.1. The van der Waals surface area contributed by atoms with E-state index < -0.39 is 0 Å². The molecule has 1 amide bonds. The van der Waals surface area contributed by atoms with Gasteiger partial charge in [0.15, 0.2) is 0 Å². The van der Waals surface area contributed by atoms with Crippen LogP contribution in [0.5, 0.6) is 0 Å². The summed E-state index contributed by atoms with van der Waals surface area (Å²) < 4.78 is 1.73. The lowest BCUT2D eigenvalue weighted by molar-refractivity contribution is 0.0952. The summed E-state index contributed by atoms with van der Waals surface area (Å²) in [6.07, 6.45) is 5.56. The summed E-state index contributed by atoms with van der Waals surface area (Å²) in [5, 5.41) is 10.8. The second-order valence-corrected chi connectivity index (χ2v) is 5.09. The molecule has 98 valence electrons. The molecule has 19 heavy (non-hydrogen) atoms. The minimum atomic E-state index is -0.133. The molecule has 0 aliphatic heterocycles. The van der Waals surface area contributed by atoms with Gasteiger partial charge in [0.25, 0.3) is 5.91 Å². The summed E-state index contributed by atoms with van der Waals surface area (Å²) in [5.74, 6) is 0.510. The van der Waals surface area contributed by atoms with E-state index in [-0.39, 0.29) is 5.91 Å². The lowest BCUT2D eigenvalue weighted by atomic mass is 10.2. The van der Waals surface area contributed by atoms with Crippen LogP contribution in [0.1, 0.15) is 23.2 Å². The molecular weight excluding hydrogens is 264 g/mol. The van der Waals surface area contributed by atoms with E-state index >= 15 is 0 Å². The van der Waals surface area contributed by atoms with Crippen LogP contribution in [-0.4, -0.2) is 27.2 Å². The highest BCUT2D eigenvalue weighted by atomic mass is 35.5. The van der Waals surface area contributed by atoms with Gasteiger partial charge in [-0.2, -0.15) is 0 Å². The van der Waals surface area contributed by atoms with Gasteiger partial charge in [-0.1, -0.05) is 11.6 Å². The molecule has 5 nitrogen and oxygen atoms in total. The average molecular weight is 277 g/mol. The Morgan fingerprint density at radius 3 is 2.79 bits per heavy atom. The predicted octanol–water partition coefficient (Wildman–Crippen LogP) is 2.06. The van der Waals surface area contributed by atoms with Crippen molar-refractivity contribution in [3.8, 4) is 5.69 Å². The van der Waals surface area contributed by atoms with E-state index in [1.54, 1.807) is 29.4 Å². The second-order valence-electron chi connectivity index (χ2n) is 4.69. The Morgan fingerprint density at radius 1 is 1.37 bits per heavy atom. The molecule has 0 radical (unpaired) electrons. The van der Waals surface area contributed by atoms with Crippen molar-refractivity contribution in [3.63, 3.8) is 0 Å². The first kappa shape index (κ1) is 12.2. The third-order valence-corrected chi connectivity index (χ3v) is 3.49. The van der Waals surface area contributed by atoms with Crippen molar-refractivity contribution in [3.05, 3.63) is 41.4 Å². The van der Waals surface area contributed by atoms with Gasteiger partial charge in [0.1, 0.15) is 12.7 Å². The zero-order chi connectivity index (χ0) is 13.2. The molecule has 0 unspecified atom stereocenters. The van der Waals surface area contributed by atoms with Gasteiger partial charge in [0.2, 0.25) is 0 Å². The Labute approximate surface area is 115 Å². The summed E-state index contributed by atoms with van der Waals surface area (Å²) in [6, 6.07) is 5.28. The van der Waals surface area contributed by atoms with Gasteiger partial charge in [-0.3, -0.25) is 9.36 Å². The van der Waals surface area contributed by atoms with Crippen LogP contribution >= 0.6 is 11.6 Å². The minimum absolute atomic E-state index is 0.133. The number of amides is 1. The number of nitrogens with one attached hydrogen (secondary N) is 1. The van der Waals surface area contributed by atoms with E-state index in [2.05, 4.69) is 15.5 Å². The Kier molecular flexibility index (Phi) is 3.21. The Hall–Kier alpha value is -1.88. The summed E-state index contributed by atoms with van der Waals surface area (Å²) in [7, 11) is 0. The van der Waals surface area contributed by atoms with Gasteiger partial charge in [0.05, 0.1) is 10.6 Å². The third-order valence-electron chi connectivity index (χ3n) is 3.16. The van der Waals surface area contributed by atoms with Gasteiger partial charge < -0.3 is 5.32 Å². The van der Waals surface area contributed by atoms with Crippen LogP contribution in [0.4, 0.5) is 0 Å². The van der Waals surface area contributed by atoms with Crippen molar-refractivity contribution < 1.29 is 4.79 Å². The predicted molar refractivity (Wildman–Crippen MR) is 71.4 cm³/mol. The zero-order valence-electron chi connectivity index (χ0n) is 10.2. The minimum Gasteiger partial charge on any atom is -0.352 e. The molecule has 0 spiro atoms. The number of aromatic nitrogens is 3. The Morgan fingerprint density at radius 2 is 2.11 bits per heavy atom. The van der Waals surface area contributed by atoms with E-state index in [1.165, 1.54) is 12.8 Å². The van der Waals surface area contributed by atoms with Crippen molar-refractivity contribution in [1.82, 2.24) is 20.1 Å². The van der Waals surface area contributed by atoms with Crippen LogP contribution in [0.2, 0.25) is 5.02 Å². The fourth-order valence-electron chi connectivity index (χ4n) is 1.84. The number of carbonyl (C=O) groups is 1. The topological polar surface area (TPSA) is 59.8 Å². The molecule has 0 bridgehead atoms. The molecule has 2 aromatic rings. The Bertz CT molecular complexity index is 593. The number of hydrogen-bond acceptors (Lipinski definition) is 3. The van der Waals surface area contributed by atoms with Crippen LogP contribution in [0.3, 0.4) is 0 Å². The number of nitrogens with zero attached hydrogens (tertiary/aromatic N) is 3. The lowest BCUT2D eigenvalue weighted by Gasteiger charge is -2.08. The van der Waals surface area contributed by atoms with Crippen LogP contribution < -0.4 is 5.32 Å². The Balaban J connectivity index is 1.82. The monoisotopic (exact) mass is 276 g/mol. The van der Waals surface area contributed by atoms with Crippen molar-refractivity contribution in [2.24, 2.45) is 5.92 Å². The fraction of sp³-hybridized carbons (Fsp3) is 0.308. The molecule has 0 saturated heterocycles. The number of hydrogen-bond donors (Lipinski definition) is 1. The molecule has 1 N–H and O–H groups in total. The van der Waals surface area contributed by atoms with Gasteiger partial charge >= 0.3 is 0 Å². The maximum Gasteiger partial charge on any atom is 0.252 e. The first-order valence-corrected chi connectivity index (χ1v) is 6.54. The largest absolute Gasteiger partial charge is 0.352 e. The fourth-order valence-corrected chi connectivity index (χ4v) is 2.04. The van der Waals surface area contributed by atoms with Crippen LogP contribution in [-0.2, 0) is 0 Å². The molecule has 1 aromatic carbocycles. The van der Waals surface area contributed by atoms with Crippen molar-refractivity contribution in [2.75, 3.05) is 6.54 Å². The number of benzene rings is 1. The SMILES string of the molecule is O=C(NCC1CC1)c1cc(-n2cnnc2)ccc1Cl. The summed E-state index contributed by atoms with van der Waals surface area (Å²) in [6.45, 7) is 0.728. The van der Waals surface area contributed by atoms with E-state index in [9.17, 15) is 4.79 Å². The average Bonchev–Trinajstić information content (AvgIpc) is 3.09. The third kappa shape index (κ3) is 2.76. The molecule has 1 aliphatic carbocycles. The summed E-state index contributed by atoms with van der Waals surface area (Å²) in [5.41, 5.74) is 1.29. The highest BCUT2D eigenvalue weighted by molar-refractivity contribution is 6.33. The standard InChI is InChI=1S/C13H13ClN4O/c14-12-4-3-10(18-7-16-17-8-18)5-11(12)13(19)15-6-9-1-2-9/h3-5,7-9H,1-2,6H2,(H,15,19). The van der Waals surface area contributed by atoms with E-state index in [4.69, 9.17) is 11.6 Å². The van der Waals surface area contributed by atoms with Gasteiger partial charge in [-0.15, -0.1) is 10.2 Å². The highest BCUT2D eigenvalue weighted by Crippen LogP contribution is 2.28. The smallest absolute Gasteiger partial charge is 0.252 e. The van der Waals surface area contributed by atoms with Crippen molar-refractivity contribution in [2.45, 2.75) is 12.8 Å². The first-order chi connectivity index (χ1) is 9.24. The number of halogens is 1. The highest BCUT2D eigenvalue weighted by Gasteiger charge is 2.22. The molecule has 6 heteroatoms. The molecule has 3 rings (SSSR count). The first-order valence-electron chi connectivity index (χ1n) is 6.17. The zero-order valence-corrected chi connectivity index (χ0v) is 11.0. The van der Waals surface area contributed by atoms with E-state index in [0.29, 0.717) is 16.5 Å². The lowest BCUT2D eigenvalue weighted by Crippen LogP contribution is -2.25. The molecule has 1 aromatic heterocycles. The summed E-state index contributed by atoms with van der Waals surface area (Å²) >= 11 is 6.08. The van der Waals surface area contributed by atoms with Gasteiger partial charge in [0, 0.05) is 12.2 Å². The van der Waals surface area contributed by atoms with E-state index in [1.807, 2.05) is 6.07 Å². The molecule has 1 heterocycles. The summed E-state index contributed by atoms with van der Waals surface area (Å²) in [4.78, 5) is 12.1. The molecule has 0 atom stereocenters. The second kappa shape index (κ2) is 5.01. The normalized spacial score (nSPS) is 14.4. The number of rotatable bonds is 4. The molecule has 1 aliphatic rings. The van der Waals surface area contributed by atoms with Gasteiger partial charge in [-0.25, -0.2) is 0 Å². The molecule has 1 fully saturated rings. The molecular formula is C13H13ClN4O. The maximum absolute atomic E-state index is 12.1. The molecule has 1 saturated carbocycles. The number of carbonyl (C=O) groups excluding carboxylic acids is 1. The quantitative estimate of drug-likeness (QED) is 0.930. The van der Waals surface area contributed by atoms with Crippen molar-refractivity contribution in [1.29, 1.82) is 0 Å². The van der Waals surface area contributed by atoms with Crippen LogP contribution in [0, 0.1) is 5.92 Å².